The third kappa shape index (κ3) is 2.19. The molecule has 1 aromatic carbocycles. The highest BCUT2D eigenvalue weighted by Gasteiger charge is 2.07. The molecule has 0 atom stereocenters. The number of aryl methyl sites for hydroxylation is 2. The smallest absolute Gasteiger partial charge is 0.214 e. The van der Waals surface area contributed by atoms with E-state index in [9.17, 15) is 0 Å². The Kier molecular flexibility index (Phi) is 2.93. The Balaban J connectivity index is 1.76. The van der Waals surface area contributed by atoms with E-state index in [1.807, 2.05) is 23.6 Å². The van der Waals surface area contributed by atoms with Crippen LogP contribution in [0.3, 0.4) is 0 Å². The molecule has 2 aromatic heterocycles. The van der Waals surface area contributed by atoms with Crippen LogP contribution < -0.4 is 5.73 Å². The number of benzene rings is 1. The van der Waals surface area contributed by atoms with Crippen LogP contribution in [-0.4, -0.2) is 14.6 Å². The van der Waals surface area contributed by atoms with Gasteiger partial charge in [-0.3, -0.25) is 0 Å². The topological polar surface area (TPSA) is 56.2 Å². The Morgan fingerprint density at radius 3 is 3.00 bits per heavy atom. The van der Waals surface area contributed by atoms with Crippen molar-refractivity contribution in [2.45, 2.75) is 12.8 Å². The van der Waals surface area contributed by atoms with E-state index in [4.69, 9.17) is 17.3 Å². The van der Waals surface area contributed by atoms with Gasteiger partial charge in [0.2, 0.25) is 4.96 Å². The van der Waals surface area contributed by atoms with E-state index in [2.05, 4.69) is 16.1 Å². The van der Waals surface area contributed by atoms with Gasteiger partial charge in [-0.1, -0.05) is 23.7 Å². The van der Waals surface area contributed by atoms with E-state index >= 15 is 0 Å². The fourth-order valence-electron chi connectivity index (χ4n) is 1.80. The Hall–Kier alpha value is -1.59. The lowest BCUT2D eigenvalue weighted by atomic mass is 10.1. The second-order valence-electron chi connectivity index (χ2n) is 4.01. The highest BCUT2D eigenvalue weighted by atomic mass is 35.5. The Bertz CT molecular complexity index is 688. The summed E-state index contributed by atoms with van der Waals surface area (Å²) in [4.78, 5) is 5.27. The summed E-state index contributed by atoms with van der Waals surface area (Å²) in [7, 11) is 0. The quantitative estimate of drug-likeness (QED) is 0.801. The van der Waals surface area contributed by atoms with Crippen molar-refractivity contribution in [3.63, 3.8) is 0 Å². The van der Waals surface area contributed by atoms with Gasteiger partial charge >= 0.3 is 0 Å². The zero-order valence-electron chi connectivity index (χ0n) is 9.51. The van der Waals surface area contributed by atoms with E-state index in [0.29, 0.717) is 5.82 Å². The van der Waals surface area contributed by atoms with E-state index in [0.717, 1.165) is 28.6 Å². The minimum absolute atomic E-state index is 0.636. The summed E-state index contributed by atoms with van der Waals surface area (Å²) < 4.78 is 1.68. The SMILES string of the molecule is Nc1csc2nc(CCc3cccc(Cl)c3)nn12. The van der Waals surface area contributed by atoms with Crippen LogP contribution in [0.25, 0.3) is 4.96 Å². The number of anilines is 1. The molecule has 6 heteroatoms. The summed E-state index contributed by atoms with van der Waals surface area (Å²) in [6.45, 7) is 0. The molecule has 0 bridgehead atoms. The molecule has 0 unspecified atom stereocenters. The molecule has 0 amide bonds. The molecular formula is C12H11ClN4S. The van der Waals surface area contributed by atoms with Crippen molar-refractivity contribution in [1.82, 2.24) is 14.6 Å². The molecule has 0 fully saturated rings. The first kappa shape index (κ1) is 11.5. The maximum Gasteiger partial charge on any atom is 0.214 e. The van der Waals surface area contributed by atoms with Gasteiger partial charge in [-0.25, -0.2) is 4.98 Å². The molecule has 3 aromatic rings. The molecule has 92 valence electrons. The average molecular weight is 279 g/mol. The molecule has 2 N–H and O–H groups in total. The molecule has 0 aliphatic heterocycles. The number of hydrogen-bond donors (Lipinski definition) is 1. The largest absolute Gasteiger partial charge is 0.383 e. The van der Waals surface area contributed by atoms with Crippen LogP contribution in [0.4, 0.5) is 5.82 Å². The summed E-state index contributed by atoms with van der Waals surface area (Å²) in [6.07, 6.45) is 1.66. The van der Waals surface area contributed by atoms with Crippen LogP contribution in [0.5, 0.6) is 0 Å². The highest BCUT2D eigenvalue weighted by Crippen LogP contribution is 2.17. The summed E-state index contributed by atoms with van der Waals surface area (Å²) in [5.74, 6) is 1.45. The number of halogens is 1. The van der Waals surface area contributed by atoms with Crippen molar-refractivity contribution >= 4 is 33.7 Å². The summed E-state index contributed by atoms with van der Waals surface area (Å²) in [5, 5.41) is 6.97. The van der Waals surface area contributed by atoms with Gasteiger partial charge in [0, 0.05) is 16.8 Å². The summed E-state index contributed by atoms with van der Waals surface area (Å²) in [5.41, 5.74) is 6.96. The van der Waals surface area contributed by atoms with Gasteiger partial charge in [0.05, 0.1) is 0 Å². The maximum atomic E-state index is 5.94. The summed E-state index contributed by atoms with van der Waals surface area (Å²) >= 11 is 7.45. The van der Waals surface area contributed by atoms with Crippen molar-refractivity contribution in [2.75, 3.05) is 5.73 Å². The van der Waals surface area contributed by atoms with Gasteiger partial charge in [0.25, 0.3) is 0 Å². The van der Waals surface area contributed by atoms with Gasteiger partial charge in [0.15, 0.2) is 5.82 Å². The van der Waals surface area contributed by atoms with Gasteiger partial charge < -0.3 is 5.73 Å². The number of thiazole rings is 1. The number of aromatic nitrogens is 3. The standard InChI is InChI=1S/C12H11ClN4S/c13-9-3-1-2-8(6-9)4-5-11-15-12-17(16-11)10(14)7-18-12/h1-3,6-7H,4-5,14H2. The molecule has 0 saturated heterocycles. The normalized spacial score (nSPS) is 11.2. The number of rotatable bonds is 3. The first-order chi connectivity index (χ1) is 8.72. The zero-order valence-corrected chi connectivity index (χ0v) is 11.1. The Morgan fingerprint density at radius 2 is 2.22 bits per heavy atom. The monoisotopic (exact) mass is 278 g/mol. The van der Waals surface area contributed by atoms with Crippen LogP contribution in [0, 0.1) is 0 Å². The van der Waals surface area contributed by atoms with Crippen LogP contribution in [0.15, 0.2) is 29.6 Å². The van der Waals surface area contributed by atoms with Gasteiger partial charge in [-0.2, -0.15) is 4.52 Å². The Morgan fingerprint density at radius 1 is 1.33 bits per heavy atom. The Labute approximate surface area is 113 Å². The van der Waals surface area contributed by atoms with Crippen LogP contribution in [0.1, 0.15) is 11.4 Å². The van der Waals surface area contributed by atoms with Crippen LogP contribution in [-0.2, 0) is 12.8 Å². The minimum atomic E-state index is 0.636. The van der Waals surface area contributed by atoms with Gasteiger partial charge in [-0.15, -0.1) is 16.4 Å². The van der Waals surface area contributed by atoms with Gasteiger partial charge in [-0.05, 0) is 24.1 Å². The van der Waals surface area contributed by atoms with E-state index < -0.39 is 0 Å². The van der Waals surface area contributed by atoms with Crippen LogP contribution in [0.2, 0.25) is 5.02 Å². The van der Waals surface area contributed by atoms with Crippen molar-refractivity contribution in [3.8, 4) is 0 Å². The number of hydrogen-bond acceptors (Lipinski definition) is 4. The van der Waals surface area contributed by atoms with Crippen molar-refractivity contribution in [2.24, 2.45) is 0 Å². The molecule has 4 nitrogen and oxygen atoms in total. The second kappa shape index (κ2) is 4.59. The molecule has 0 spiro atoms. The predicted octanol–water partition coefficient (Wildman–Crippen LogP) is 2.81. The van der Waals surface area contributed by atoms with Crippen molar-refractivity contribution in [3.05, 3.63) is 46.1 Å². The minimum Gasteiger partial charge on any atom is -0.383 e. The first-order valence-corrected chi connectivity index (χ1v) is 6.81. The van der Waals surface area contributed by atoms with E-state index in [1.54, 1.807) is 4.52 Å². The lowest BCUT2D eigenvalue weighted by Gasteiger charge is -1.99. The number of nitrogens with two attached hydrogens (primary N) is 1. The van der Waals surface area contributed by atoms with Gasteiger partial charge in [0.1, 0.15) is 5.82 Å². The molecule has 0 aliphatic carbocycles. The zero-order chi connectivity index (χ0) is 12.5. The first-order valence-electron chi connectivity index (χ1n) is 5.55. The molecule has 0 radical (unpaired) electrons. The lowest BCUT2D eigenvalue weighted by molar-refractivity contribution is 0.842. The molecule has 3 rings (SSSR count). The number of nitrogen functional groups attached to an aromatic ring is 1. The van der Waals surface area contributed by atoms with Crippen molar-refractivity contribution in [1.29, 1.82) is 0 Å². The maximum absolute atomic E-state index is 5.94. The fraction of sp³-hybridized carbons (Fsp3) is 0.167. The van der Waals surface area contributed by atoms with E-state index in [-0.39, 0.29) is 0 Å². The number of nitrogens with zero attached hydrogens (tertiary/aromatic N) is 3. The highest BCUT2D eigenvalue weighted by molar-refractivity contribution is 7.15. The van der Waals surface area contributed by atoms with Crippen molar-refractivity contribution < 1.29 is 0 Å². The summed E-state index contributed by atoms with van der Waals surface area (Å²) in [6, 6.07) is 7.85. The predicted molar refractivity (Wildman–Crippen MR) is 74.1 cm³/mol. The third-order valence-electron chi connectivity index (χ3n) is 2.68. The third-order valence-corrected chi connectivity index (χ3v) is 3.75. The average Bonchev–Trinajstić information content (AvgIpc) is 2.90. The molecule has 0 saturated carbocycles. The second-order valence-corrected chi connectivity index (χ2v) is 5.29. The molecule has 18 heavy (non-hydrogen) atoms. The number of fused-ring (bicyclic) bond motifs is 1. The molecule has 2 heterocycles. The van der Waals surface area contributed by atoms with E-state index in [1.165, 1.54) is 16.9 Å². The lowest BCUT2D eigenvalue weighted by Crippen LogP contribution is -1.96. The fourth-order valence-corrected chi connectivity index (χ4v) is 2.74. The molecular weight excluding hydrogens is 268 g/mol. The molecule has 0 aliphatic rings. The van der Waals surface area contributed by atoms with Crippen LogP contribution >= 0.6 is 22.9 Å².